The molecule has 0 saturated heterocycles. The van der Waals surface area contributed by atoms with Gasteiger partial charge in [-0.1, -0.05) is 63.2 Å². The minimum atomic E-state index is -2.02. The van der Waals surface area contributed by atoms with E-state index in [1.165, 1.54) is 10.5 Å². The van der Waals surface area contributed by atoms with Gasteiger partial charge in [0.05, 0.1) is 37.1 Å². The molecule has 0 fully saturated rings. The van der Waals surface area contributed by atoms with Crippen molar-refractivity contribution in [2.24, 2.45) is 0 Å². The minimum absolute atomic E-state index is 0.00491. The van der Waals surface area contributed by atoms with Gasteiger partial charge in [-0.15, -0.1) is 11.3 Å². The Morgan fingerprint density at radius 1 is 1.07 bits per heavy atom. The number of carbonyl (C=O) groups is 1. The Morgan fingerprint density at radius 3 is 2.52 bits per heavy atom. The largest absolute Gasteiger partial charge is 0.493 e. The maximum absolute atomic E-state index is 14.3. The third-order valence-electron chi connectivity index (χ3n) is 8.39. The van der Waals surface area contributed by atoms with Crippen LogP contribution in [0.3, 0.4) is 0 Å². The van der Waals surface area contributed by atoms with Crippen LogP contribution in [0.25, 0.3) is 5.57 Å². The number of benzene rings is 2. The van der Waals surface area contributed by atoms with Gasteiger partial charge in [0.1, 0.15) is 6.61 Å². The number of fused-ring (bicyclic) bond motifs is 2. The molecule has 0 radical (unpaired) electrons. The number of hydrogen-bond donors (Lipinski definition) is 1. The van der Waals surface area contributed by atoms with Gasteiger partial charge in [-0.2, -0.15) is 0 Å². The molecular formula is C32H40N2O4SSi. The first-order valence-electron chi connectivity index (χ1n) is 13.9. The fourth-order valence-electron chi connectivity index (χ4n) is 5.03. The maximum atomic E-state index is 14.3. The van der Waals surface area contributed by atoms with Crippen LogP contribution in [0.5, 0.6) is 11.5 Å². The molecule has 212 valence electrons. The molecule has 3 heterocycles. The van der Waals surface area contributed by atoms with E-state index in [4.69, 9.17) is 13.9 Å². The van der Waals surface area contributed by atoms with E-state index in [1.807, 2.05) is 47.4 Å². The third-order valence-corrected chi connectivity index (χ3v) is 13.8. The summed E-state index contributed by atoms with van der Waals surface area (Å²) in [6, 6.07) is 17.8. The van der Waals surface area contributed by atoms with Crippen molar-refractivity contribution in [2.75, 3.05) is 25.6 Å². The summed E-state index contributed by atoms with van der Waals surface area (Å²) in [4.78, 5) is 17.6. The van der Waals surface area contributed by atoms with Gasteiger partial charge >= 0.3 is 0 Å². The van der Waals surface area contributed by atoms with Gasteiger partial charge in [0, 0.05) is 17.5 Å². The lowest BCUT2D eigenvalue weighted by Crippen LogP contribution is -2.53. The molecule has 2 aliphatic rings. The van der Waals surface area contributed by atoms with Crippen LogP contribution in [0.2, 0.25) is 18.1 Å². The molecule has 2 atom stereocenters. The first-order valence-corrected chi connectivity index (χ1v) is 17.7. The minimum Gasteiger partial charge on any atom is -0.493 e. The molecule has 1 amide bonds. The van der Waals surface area contributed by atoms with Crippen LogP contribution in [0.4, 0.5) is 5.69 Å². The number of thiophene rings is 1. The first-order chi connectivity index (χ1) is 19.1. The van der Waals surface area contributed by atoms with Crippen LogP contribution >= 0.6 is 11.3 Å². The molecule has 0 aliphatic carbocycles. The summed E-state index contributed by atoms with van der Waals surface area (Å²) in [5.74, 6) is 1.15. The summed E-state index contributed by atoms with van der Waals surface area (Å²) in [5.41, 5.74) is 3.71. The Bertz CT molecular complexity index is 1370. The molecule has 0 spiro atoms. The van der Waals surface area contributed by atoms with E-state index < -0.39 is 8.32 Å². The molecule has 2 aliphatic heterocycles. The Kier molecular flexibility index (Phi) is 8.13. The zero-order valence-electron chi connectivity index (χ0n) is 24.3. The number of rotatable bonds is 8. The highest BCUT2D eigenvalue weighted by Gasteiger charge is 2.42. The number of anilines is 1. The normalized spacial score (nSPS) is 19.2. The molecule has 3 aromatic rings. The van der Waals surface area contributed by atoms with Crippen LogP contribution < -0.4 is 14.8 Å². The molecule has 1 unspecified atom stereocenters. The predicted octanol–water partition coefficient (Wildman–Crippen LogP) is 7.45. The van der Waals surface area contributed by atoms with E-state index in [0.717, 1.165) is 17.7 Å². The van der Waals surface area contributed by atoms with Crippen molar-refractivity contribution in [2.45, 2.75) is 64.0 Å². The smallest absolute Gasteiger partial charge is 0.256 e. The summed E-state index contributed by atoms with van der Waals surface area (Å²) in [5, 5.41) is 5.77. The fraction of sp³-hybridized carbons (Fsp3) is 0.406. The number of carbonyl (C=O) groups excluding carboxylic acids is 1. The van der Waals surface area contributed by atoms with E-state index >= 15 is 0 Å². The molecule has 2 aromatic carbocycles. The quantitative estimate of drug-likeness (QED) is 0.282. The fourth-order valence-corrected chi connectivity index (χ4v) is 6.81. The molecule has 6 nitrogen and oxygen atoms in total. The molecule has 0 saturated carbocycles. The topological polar surface area (TPSA) is 60.0 Å². The van der Waals surface area contributed by atoms with E-state index in [2.05, 4.69) is 62.8 Å². The van der Waals surface area contributed by atoms with E-state index in [-0.39, 0.29) is 23.0 Å². The lowest BCUT2D eigenvalue weighted by atomic mass is 9.94. The predicted molar refractivity (Wildman–Crippen MR) is 166 cm³/mol. The van der Waals surface area contributed by atoms with Crippen molar-refractivity contribution in [3.05, 3.63) is 82.1 Å². The lowest BCUT2D eigenvalue weighted by Gasteiger charge is -2.43. The summed E-state index contributed by atoms with van der Waals surface area (Å²) in [6.45, 7) is 12.8. The van der Waals surface area contributed by atoms with E-state index in [9.17, 15) is 4.79 Å². The number of hydrogen-bond acceptors (Lipinski definition) is 6. The summed E-state index contributed by atoms with van der Waals surface area (Å²) in [6.07, 6.45) is 3.05. The second-order valence-electron chi connectivity index (χ2n) is 12.1. The van der Waals surface area contributed by atoms with E-state index in [0.29, 0.717) is 36.8 Å². The van der Waals surface area contributed by atoms with Crippen LogP contribution in [0.1, 0.15) is 48.0 Å². The highest BCUT2D eigenvalue weighted by atomic mass is 32.1. The first kappa shape index (κ1) is 28.5. The molecular weight excluding hydrogens is 537 g/mol. The van der Waals surface area contributed by atoms with Crippen LogP contribution in [-0.2, 0) is 11.0 Å². The Hall–Kier alpha value is -3.07. The zero-order chi connectivity index (χ0) is 28.5. The highest BCUT2D eigenvalue weighted by molar-refractivity contribution is 7.11. The summed E-state index contributed by atoms with van der Waals surface area (Å²) in [7, 11) is -0.404. The molecule has 40 heavy (non-hydrogen) atoms. The maximum Gasteiger partial charge on any atom is 0.256 e. The van der Waals surface area contributed by atoms with Crippen molar-refractivity contribution in [3.8, 4) is 11.5 Å². The average Bonchev–Trinajstić information content (AvgIpc) is 3.44. The number of amides is 1. The second-order valence-corrected chi connectivity index (χ2v) is 17.8. The van der Waals surface area contributed by atoms with Crippen LogP contribution in [-0.4, -0.2) is 51.5 Å². The van der Waals surface area contributed by atoms with Gasteiger partial charge < -0.3 is 24.1 Å². The van der Waals surface area contributed by atoms with Gasteiger partial charge in [-0.25, -0.2) is 0 Å². The Balaban J connectivity index is 1.46. The van der Waals surface area contributed by atoms with Gasteiger partial charge in [0.25, 0.3) is 5.91 Å². The van der Waals surface area contributed by atoms with Crippen LogP contribution in [0, 0.1) is 0 Å². The second kappa shape index (κ2) is 11.4. The number of methoxy groups -OCH3 is 1. The SMILES string of the molecule is COc1cc2c(cc1OCc1ccccc1)NCC1CC(c3cccs3)=C[C@@H](CO[Si](C)(C)C(C)(C)C)N1C2=O. The Labute approximate surface area is 243 Å². The van der Waals surface area contributed by atoms with Gasteiger partial charge in [0.15, 0.2) is 19.8 Å². The standard InChI is InChI=1S/C32H40N2O4SSi/c1-32(2,3)40(5,6)38-21-25-16-23(30-13-10-14-39-30)15-24-19-33-27-18-29(37-20-22-11-8-7-9-12-22)28(36-4)17-26(27)31(35)34(24)25/h7-14,16-18,24-25,33H,15,19-21H2,1-6H3/t24?,25-/m0/s1. The van der Waals surface area contributed by atoms with E-state index in [1.54, 1.807) is 18.4 Å². The molecule has 5 rings (SSSR count). The van der Waals surface area contributed by atoms with Crippen molar-refractivity contribution in [3.63, 3.8) is 0 Å². The average molecular weight is 577 g/mol. The van der Waals surface area contributed by atoms with Crippen molar-refractivity contribution >= 4 is 36.8 Å². The molecule has 1 aromatic heterocycles. The van der Waals surface area contributed by atoms with Gasteiger partial charge in [-0.3, -0.25) is 4.79 Å². The van der Waals surface area contributed by atoms with Crippen molar-refractivity contribution in [1.29, 1.82) is 0 Å². The molecule has 8 heteroatoms. The highest BCUT2D eigenvalue weighted by Crippen LogP contribution is 2.41. The van der Waals surface area contributed by atoms with Gasteiger partial charge in [-0.05, 0) is 53.2 Å². The zero-order valence-corrected chi connectivity index (χ0v) is 26.1. The van der Waals surface area contributed by atoms with Crippen molar-refractivity contribution in [1.82, 2.24) is 4.90 Å². The van der Waals surface area contributed by atoms with Crippen molar-refractivity contribution < 1.29 is 18.7 Å². The summed E-state index contributed by atoms with van der Waals surface area (Å²) < 4.78 is 18.6. The molecule has 1 N–H and O–H groups in total. The monoisotopic (exact) mass is 576 g/mol. The number of nitrogens with zero attached hydrogens (tertiary/aromatic N) is 1. The lowest BCUT2D eigenvalue weighted by molar-refractivity contribution is 0.0559. The molecule has 0 bridgehead atoms. The van der Waals surface area contributed by atoms with Gasteiger partial charge in [0.2, 0.25) is 0 Å². The van der Waals surface area contributed by atoms with Crippen LogP contribution in [0.15, 0.2) is 66.1 Å². The number of nitrogens with one attached hydrogen (secondary N) is 1. The Morgan fingerprint density at radius 2 is 1.85 bits per heavy atom. The number of ether oxygens (including phenoxy) is 2. The summed E-state index contributed by atoms with van der Waals surface area (Å²) >= 11 is 1.75. The third kappa shape index (κ3) is 5.85.